The summed E-state index contributed by atoms with van der Waals surface area (Å²) in [5.41, 5.74) is 4.73. The third-order valence-corrected chi connectivity index (χ3v) is 4.22. The van der Waals surface area contributed by atoms with Crippen molar-refractivity contribution >= 4 is 23.0 Å². The largest absolute Gasteiger partial charge is 0.497 e. The Balaban J connectivity index is 2.02. The number of benzene rings is 2. The van der Waals surface area contributed by atoms with Crippen molar-refractivity contribution in [1.29, 1.82) is 0 Å². The fourth-order valence-corrected chi connectivity index (χ4v) is 2.66. The molecule has 3 nitrogen and oxygen atoms in total. The van der Waals surface area contributed by atoms with Crippen LogP contribution in [-0.2, 0) is 0 Å². The van der Waals surface area contributed by atoms with Crippen LogP contribution in [0.2, 0.25) is 0 Å². The lowest BCUT2D eigenvalue weighted by atomic mass is 10.0. The van der Waals surface area contributed by atoms with Crippen LogP contribution < -0.4 is 15.4 Å². The lowest BCUT2D eigenvalue weighted by molar-refractivity contribution is 0.414. The molecule has 0 aliphatic rings. The first kappa shape index (κ1) is 17.3. The van der Waals surface area contributed by atoms with Crippen molar-refractivity contribution in [2.45, 2.75) is 33.2 Å². The molecule has 0 aliphatic carbocycles. The first-order valence-electron chi connectivity index (χ1n) is 7.82. The van der Waals surface area contributed by atoms with E-state index in [9.17, 15) is 0 Å². The van der Waals surface area contributed by atoms with Gasteiger partial charge < -0.3 is 15.4 Å². The number of thiocarbonyl (C=S) groups is 1. The van der Waals surface area contributed by atoms with E-state index in [1.807, 2.05) is 18.2 Å². The van der Waals surface area contributed by atoms with Gasteiger partial charge in [0, 0.05) is 5.69 Å². The van der Waals surface area contributed by atoms with Crippen molar-refractivity contribution in [3.05, 3.63) is 59.2 Å². The summed E-state index contributed by atoms with van der Waals surface area (Å²) in [5, 5.41) is 7.28. The third-order valence-electron chi connectivity index (χ3n) is 4.00. The highest BCUT2D eigenvalue weighted by Crippen LogP contribution is 2.20. The van der Waals surface area contributed by atoms with Crippen LogP contribution >= 0.6 is 12.2 Å². The number of anilines is 1. The number of hydrogen-bond donors (Lipinski definition) is 2. The zero-order chi connectivity index (χ0) is 16.8. The second kappa shape index (κ2) is 7.97. The molecule has 2 aromatic carbocycles. The average Bonchev–Trinajstić information content (AvgIpc) is 2.56. The molecule has 2 aromatic rings. The summed E-state index contributed by atoms with van der Waals surface area (Å²) in [6.45, 7) is 6.34. The Morgan fingerprint density at radius 2 is 1.78 bits per heavy atom. The molecule has 2 rings (SSSR count). The SMILES string of the molecule is CC[C@@H](NC(=S)Nc1ccc(C)c(C)c1)c1ccc(OC)cc1. The number of nitrogens with one attached hydrogen (secondary N) is 2. The van der Waals surface area contributed by atoms with Gasteiger partial charge >= 0.3 is 0 Å². The fourth-order valence-electron chi connectivity index (χ4n) is 2.40. The highest BCUT2D eigenvalue weighted by molar-refractivity contribution is 7.80. The summed E-state index contributed by atoms with van der Waals surface area (Å²) < 4.78 is 5.20. The minimum Gasteiger partial charge on any atom is -0.497 e. The summed E-state index contributed by atoms with van der Waals surface area (Å²) in [6.07, 6.45) is 0.946. The number of hydrogen-bond acceptors (Lipinski definition) is 2. The van der Waals surface area contributed by atoms with Gasteiger partial charge in [-0.15, -0.1) is 0 Å². The molecule has 23 heavy (non-hydrogen) atoms. The fraction of sp³-hybridized carbons (Fsp3) is 0.316. The Labute approximate surface area is 144 Å². The summed E-state index contributed by atoms with van der Waals surface area (Å²) >= 11 is 5.46. The van der Waals surface area contributed by atoms with Gasteiger partial charge in [0.05, 0.1) is 13.2 Å². The molecule has 0 aromatic heterocycles. The molecular weight excluding hydrogens is 304 g/mol. The van der Waals surface area contributed by atoms with E-state index in [2.05, 4.69) is 55.7 Å². The highest BCUT2D eigenvalue weighted by Gasteiger charge is 2.11. The predicted octanol–water partition coefficient (Wildman–Crippen LogP) is 4.75. The van der Waals surface area contributed by atoms with Crippen LogP contribution in [0.5, 0.6) is 5.75 Å². The monoisotopic (exact) mass is 328 g/mol. The lowest BCUT2D eigenvalue weighted by Gasteiger charge is -2.20. The smallest absolute Gasteiger partial charge is 0.171 e. The zero-order valence-corrected chi connectivity index (χ0v) is 15.0. The van der Waals surface area contributed by atoms with Crippen molar-refractivity contribution in [1.82, 2.24) is 5.32 Å². The van der Waals surface area contributed by atoms with Gasteiger partial charge in [0.2, 0.25) is 0 Å². The van der Waals surface area contributed by atoms with E-state index in [1.54, 1.807) is 7.11 Å². The van der Waals surface area contributed by atoms with Gasteiger partial charge in [-0.2, -0.15) is 0 Å². The molecule has 4 heteroatoms. The molecule has 0 bridgehead atoms. The van der Waals surface area contributed by atoms with Crippen LogP contribution in [0.25, 0.3) is 0 Å². The normalized spacial score (nSPS) is 11.7. The molecular formula is C19H24N2OS. The quantitative estimate of drug-likeness (QED) is 0.776. The van der Waals surface area contributed by atoms with E-state index in [4.69, 9.17) is 17.0 Å². The van der Waals surface area contributed by atoms with E-state index in [-0.39, 0.29) is 6.04 Å². The molecule has 122 valence electrons. The summed E-state index contributed by atoms with van der Waals surface area (Å²) in [6, 6.07) is 14.5. The van der Waals surface area contributed by atoms with Gasteiger partial charge in [-0.1, -0.05) is 25.1 Å². The van der Waals surface area contributed by atoms with E-state index in [1.165, 1.54) is 16.7 Å². The van der Waals surface area contributed by atoms with Crippen molar-refractivity contribution in [3.63, 3.8) is 0 Å². The number of rotatable bonds is 5. The summed E-state index contributed by atoms with van der Waals surface area (Å²) in [7, 11) is 1.67. The maximum atomic E-state index is 5.46. The van der Waals surface area contributed by atoms with Gasteiger partial charge in [0.1, 0.15) is 5.75 Å². The standard InChI is InChI=1S/C19H24N2OS/c1-5-18(15-7-10-17(22-4)11-8-15)21-19(23)20-16-9-6-13(2)14(3)12-16/h6-12,18H,5H2,1-4H3,(H2,20,21,23)/t18-/m1/s1. The van der Waals surface area contributed by atoms with E-state index < -0.39 is 0 Å². The molecule has 0 amide bonds. The lowest BCUT2D eigenvalue weighted by Crippen LogP contribution is -2.32. The topological polar surface area (TPSA) is 33.3 Å². The Morgan fingerprint density at radius 1 is 1.09 bits per heavy atom. The Bertz CT molecular complexity index is 668. The summed E-state index contributed by atoms with van der Waals surface area (Å²) in [5.74, 6) is 0.861. The molecule has 0 fully saturated rings. The number of ether oxygens (including phenoxy) is 1. The predicted molar refractivity (Wildman–Crippen MR) is 101 cm³/mol. The van der Waals surface area contributed by atoms with Crippen LogP contribution in [0.4, 0.5) is 5.69 Å². The minimum atomic E-state index is 0.174. The van der Waals surface area contributed by atoms with Gasteiger partial charge in [-0.25, -0.2) is 0 Å². The average molecular weight is 328 g/mol. The van der Waals surface area contributed by atoms with Crippen molar-refractivity contribution in [3.8, 4) is 5.75 Å². The first-order chi connectivity index (χ1) is 11.0. The number of aryl methyl sites for hydroxylation is 2. The Kier molecular flexibility index (Phi) is 5.99. The van der Waals surface area contributed by atoms with Gasteiger partial charge in [0.15, 0.2) is 5.11 Å². The maximum absolute atomic E-state index is 5.46. The number of methoxy groups -OCH3 is 1. The second-order valence-corrected chi connectivity index (χ2v) is 6.04. The Morgan fingerprint density at radius 3 is 2.35 bits per heavy atom. The molecule has 0 radical (unpaired) electrons. The van der Waals surface area contributed by atoms with Crippen LogP contribution in [0.15, 0.2) is 42.5 Å². The molecule has 0 saturated carbocycles. The second-order valence-electron chi connectivity index (χ2n) is 5.63. The summed E-state index contributed by atoms with van der Waals surface area (Å²) in [4.78, 5) is 0. The van der Waals surface area contributed by atoms with Crippen molar-refractivity contribution < 1.29 is 4.74 Å². The van der Waals surface area contributed by atoms with Crippen LogP contribution in [0.1, 0.15) is 36.1 Å². The third kappa shape index (κ3) is 4.70. The minimum absolute atomic E-state index is 0.174. The van der Waals surface area contributed by atoms with E-state index in [0.29, 0.717) is 5.11 Å². The zero-order valence-electron chi connectivity index (χ0n) is 14.1. The first-order valence-corrected chi connectivity index (χ1v) is 8.23. The molecule has 1 atom stereocenters. The van der Waals surface area contributed by atoms with Crippen LogP contribution in [0, 0.1) is 13.8 Å². The molecule has 0 unspecified atom stereocenters. The molecule has 0 saturated heterocycles. The highest BCUT2D eigenvalue weighted by atomic mass is 32.1. The van der Waals surface area contributed by atoms with Crippen LogP contribution in [0.3, 0.4) is 0 Å². The Hall–Kier alpha value is -2.07. The van der Waals surface area contributed by atoms with Crippen molar-refractivity contribution in [2.24, 2.45) is 0 Å². The van der Waals surface area contributed by atoms with Crippen molar-refractivity contribution in [2.75, 3.05) is 12.4 Å². The van der Waals surface area contributed by atoms with Gasteiger partial charge in [-0.3, -0.25) is 0 Å². The van der Waals surface area contributed by atoms with E-state index >= 15 is 0 Å². The molecule has 2 N–H and O–H groups in total. The maximum Gasteiger partial charge on any atom is 0.171 e. The van der Waals surface area contributed by atoms with Gasteiger partial charge in [-0.05, 0) is 73.4 Å². The van der Waals surface area contributed by atoms with E-state index in [0.717, 1.165) is 17.9 Å². The molecule has 0 aliphatic heterocycles. The molecule has 0 heterocycles. The van der Waals surface area contributed by atoms with Gasteiger partial charge in [0.25, 0.3) is 0 Å². The van der Waals surface area contributed by atoms with Crippen LogP contribution in [-0.4, -0.2) is 12.2 Å². The molecule has 0 spiro atoms.